The predicted molar refractivity (Wildman–Crippen MR) is 157 cm³/mol. The Bertz CT molecular complexity index is 1650. The van der Waals surface area contributed by atoms with Gasteiger partial charge >= 0.3 is 5.97 Å². The van der Waals surface area contributed by atoms with E-state index in [4.69, 9.17) is 16.3 Å². The maximum Gasteiger partial charge on any atom is 0.309 e. The number of halogens is 1. The van der Waals surface area contributed by atoms with Crippen LogP contribution in [-0.4, -0.2) is 25.9 Å². The molecule has 1 unspecified atom stereocenters. The van der Waals surface area contributed by atoms with Crippen molar-refractivity contribution >= 4 is 40.2 Å². The van der Waals surface area contributed by atoms with Gasteiger partial charge in [-0.15, -0.1) is 11.8 Å². The number of thioether (sulfide) groups is 1. The molecule has 1 aliphatic heterocycles. The van der Waals surface area contributed by atoms with E-state index in [1.165, 1.54) is 0 Å². The number of carboxylic acids is 1. The minimum atomic E-state index is -0.840. The van der Waals surface area contributed by atoms with Crippen LogP contribution < -0.4 is 4.74 Å². The molecule has 5 aromatic rings. The first-order chi connectivity index (χ1) is 19.0. The first kappa shape index (κ1) is 25.5. The van der Waals surface area contributed by atoms with Crippen LogP contribution in [0, 0.1) is 0 Å². The van der Waals surface area contributed by atoms with Crippen molar-refractivity contribution < 1.29 is 14.6 Å². The quantitative estimate of drug-likeness (QED) is 0.213. The average molecular weight is 555 g/mol. The number of hydrogen-bond acceptors (Lipinski definition) is 4. The second-order valence-corrected chi connectivity index (χ2v) is 11.7. The first-order valence-electron chi connectivity index (χ1n) is 12.9. The second-order valence-electron chi connectivity index (χ2n) is 9.82. The summed E-state index contributed by atoms with van der Waals surface area (Å²) in [5.41, 5.74) is 7.12. The highest BCUT2D eigenvalue weighted by Crippen LogP contribution is 2.47. The van der Waals surface area contributed by atoms with E-state index >= 15 is 0 Å². The van der Waals surface area contributed by atoms with Gasteiger partial charge in [0.15, 0.2) is 0 Å². The normalized spacial score (nSPS) is 14.5. The van der Waals surface area contributed by atoms with Gasteiger partial charge in [-0.3, -0.25) is 9.78 Å². The molecule has 0 aliphatic carbocycles. The fourth-order valence-electron chi connectivity index (χ4n) is 5.24. The third kappa shape index (κ3) is 5.27. The van der Waals surface area contributed by atoms with Crippen molar-refractivity contribution in [3.05, 3.63) is 113 Å². The standard InChI is InChI=1S/C32H27ClN2O3S/c1-20-15-26-29(38-19-25-12-9-23(17-34-25)22-5-3-2-4-6-22)14-13-27-31(26)32(39-20)28(16-30(36)37)35(27)18-21-7-10-24(33)11-8-21/h2-14,17,20H,15-16,18-19H2,1H3,(H,36,37). The van der Waals surface area contributed by atoms with Crippen molar-refractivity contribution in [2.45, 2.75) is 43.1 Å². The third-order valence-corrected chi connectivity index (χ3v) is 8.54. The van der Waals surface area contributed by atoms with E-state index in [-0.39, 0.29) is 6.42 Å². The highest BCUT2D eigenvalue weighted by molar-refractivity contribution is 8.00. The first-order valence-corrected chi connectivity index (χ1v) is 14.1. The Hall–Kier alpha value is -3.74. The van der Waals surface area contributed by atoms with E-state index in [1.54, 1.807) is 11.8 Å². The van der Waals surface area contributed by atoms with E-state index in [0.29, 0.717) is 23.4 Å². The lowest BCUT2D eigenvalue weighted by molar-refractivity contribution is -0.136. The van der Waals surface area contributed by atoms with Crippen LogP contribution in [-0.2, 0) is 30.8 Å². The summed E-state index contributed by atoms with van der Waals surface area (Å²) in [4.78, 5) is 17.6. The fourth-order valence-corrected chi connectivity index (χ4v) is 6.68. The minimum absolute atomic E-state index is 0.0371. The fraction of sp³-hybridized carbons (Fsp3) is 0.188. The van der Waals surface area contributed by atoms with Crippen LogP contribution in [0.15, 0.2) is 90.0 Å². The number of ether oxygens (including phenoxy) is 1. The maximum absolute atomic E-state index is 11.9. The zero-order chi connectivity index (χ0) is 26.9. The lowest BCUT2D eigenvalue weighted by atomic mass is 10.0. The topological polar surface area (TPSA) is 64.3 Å². The van der Waals surface area contributed by atoms with Gasteiger partial charge in [0, 0.05) is 50.1 Å². The molecule has 0 bridgehead atoms. The predicted octanol–water partition coefficient (Wildman–Crippen LogP) is 7.65. The molecule has 7 heteroatoms. The Morgan fingerprint density at radius 2 is 1.85 bits per heavy atom. The zero-order valence-electron chi connectivity index (χ0n) is 21.4. The number of nitrogens with zero attached hydrogens (tertiary/aromatic N) is 2. The molecule has 1 atom stereocenters. The Balaban J connectivity index is 1.34. The molecular formula is C32H27ClN2O3S. The van der Waals surface area contributed by atoms with Gasteiger partial charge in [0.05, 0.1) is 17.6 Å². The molecule has 196 valence electrons. The highest BCUT2D eigenvalue weighted by Gasteiger charge is 2.29. The van der Waals surface area contributed by atoms with Crippen molar-refractivity contribution in [1.82, 2.24) is 9.55 Å². The summed E-state index contributed by atoms with van der Waals surface area (Å²) in [5.74, 6) is -0.0105. The van der Waals surface area contributed by atoms with Crippen molar-refractivity contribution in [3.63, 3.8) is 0 Å². The van der Waals surface area contributed by atoms with Gasteiger partial charge in [0.25, 0.3) is 0 Å². The molecule has 0 radical (unpaired) electrons. The van der Waals surface area contributed by atoms with E-state index in [9.17, 15) is 9.90 Å². The van der Waals surface area contributed by atoms with E-state index in [1.807, 2.05) is 60.8 Å². The second kappa shape index (κ2) is 10.8. The molecule has 0 saturated heterocycles. The summed E-state index contributed by atoms with van der Waals surface area (Å²) in [5, 5.41) is 11.9. The van der Waals surface area contributed by atoms with E-state index in [2.05, 4.69) is 40.7 Å². The molecule has 1 N–H and O–H groups in total. The van der Waals surface area contributed by atoms with Crippen LogP contribution in [0.25, 0.3) is 22.0 Å². The number of rotatable bonds is 8. The summed E-state index contributed by atoms with van der Waals surface area (Å²) in [7, 11) is 0. The van der Waals surface area contributed by atoms with Gasteiger partial charge in [-0.1, -0.05) is 67.1 Å². The maximum atomic E-state index is 11.9. The van der Waals surface area contributed by atoms with Gasteiger partial charge in [-0.25, -0.2) is 0 Å². The molecular weight excluding hydrogens is 528 g/mol. The molecule has 0 fully saturated rings. The average Bonchev–Trinajstić information content (AvgIpc) is 3.22. The summed E-state index contributed by atoms with van der Waals surface area (Å²) < 4.78 is 8.50. The summed E-state index contributed by atoms with van der Waals surface area (Å²) in [6, 6.07) is 26.0. The van der Waals surface area contributed by atoms with Gasteiger partial charge in [0.2, 0.25) is 0 Å². The Morgan fingerprint density at radius 1 is 1.05 bits per heavy atom. The Labute approximate surface area is 236 Å². The molecule has 1 aliphatic rings. The van der Waals surface area contributed by atoms with Crippen molar-refractivity contribution in [2.24, 2.45) is 0 Å². The molecule has 3 heterocycles. The summed E-state index contributed by atoms with van der Waals surface area (Å²) in [6.07, 6.45) is 2.69. The third-order valence-electron chi connectivity index (χ3n) is 7.04. The van der Waals surface area contributed by atoms with E-state index < -0.39 is 5.97 Å². The molecule has 0 saturated carbocycles. The van der Waals surface area contributed by atoms with Crippen LogP contribution >= 0.6 is 23.4 Å². The minimum Gasteiger partial charge on any atom is -0.487 e. The number of carboxylic acid groups (broad SMARTS) is 1. The number of hydrogen-bond donors (Lipinski definition) is 1. The number of benzene rings is 3. The Kier molecular flexibility index (Phi) is 7.07. The smallest absolute Gasteiger partial charge is 0.309 e. The SMILES string of the molecule is CC1Cc2c(OCc3ccc(-c4ccccc4)cn3)ccc3c2c(c(CC(=O)O)n3Cc2ccc(Cl)cc2)S1. The van der Waals surface area contributed by atoms with Crippen LogP contribution in [0.1, 0.15) is 29.4 Å². The van der Waals surface area contributed by atoms with E-state index in [0.717, 1.165) is 61.6 Å². The van der Waals surface area contributed by atoms with Crippen LogP contribution in [0.3, 0.4) is 0 Å². The van der Waals surface area contributed by atoms with Crippen molar-refractivity contribution in [2.75, 3.05) is 0 Å². The van der Waals surface area contributed by atoms with Crippen LogP contribution in [0.5, 0.6) is 5.75 Å². The van der Waals surface area contributed by atoms with Gasteiger partial charge in [-0.05, 0) is 47.9 Å². The van der Waals surface area contributed by atoms with Crippen LogP contribution in [0.4, 0.5) is 0 Å². The van der Waals surface area contributed by atoms with Crippen LogP contribution in [0.2, 0.25) is 5.02 Å². The molecule has 2 aromatic heterocycles. The van der Waals surface area contributed by atoms with Crippen molar-refractivity contribution in [1.29, 1.82) is 0 Å². The number of pyridine rings is 1. The largest absolute Gasteiger partial charge is 0.487 e. The lowest BCUT2D eigenvalue weighted by Gasteiger charge is -2.22. The molecule has 5 nitrogen and oxygen atoms in total. The number of aromatic nitrogens is 2. The molecule has 0 amide bonds. The monoisotopic (exact) mass is 554 g/mol. The highest BCUT2D eigenvalue weighted by atomic mass is 35.5. The Morgan fingerprint density at radius 3 is 2.56 bits per heavy atom. The molecule has 6 rings (SSSR count). The van der Waals surface area contributed by atoms with Crippen molar-refractivity contribution in [3.8, 4) is 16.9 Å². The van der Waals surface area contributed by atoms with Gasteiger partial charge in [-0.2, -0.15) is 0 Å². The summed E-state index contributed by atoms with van der Waals surface area (Å²) in [6.45, 7) is 3.11. The zero-order valence-corrected chi connectivity index (χ0v) is 23.0. The molecule has 39 heavy (non-hydrogen) atoms. The number of aliphatic carboxylic acids is 1. The summed E-state index contributed by atoms with van der Waals surface area (Å²) >= 11 is 7.86. The van der Waals surface area contributed by atoms with Gasteiger partial charge < -0.3 is 14.4 Å². The number of carbonyl (C=O) groups is 1. The molecule has 0 spiro atoms. The lowest BCUT2D eigenvalue weighted by Crippen LogP contribution is -2.11. The molecule has 3 aromatic carbocycles. The van der Waals surface area contributed by atoms with Gasteiger partial charge in [0.1, 0.15) is 12.4 Å².